The molecule has 0 bridgehead atoms. The summed E-state index contributed by atoms with van der Waals surface area (Å²) in [6.07, 6.45) is 1.27. The van der Waals surface area contributed by atoms with Gasteiger partial charge in [0.15, 0.2) is 0 Å². The van der Waals surface area contributed by atoms with Gasteiger partial charge in [-0.15, -0.1) is 0 Å². The molecule has 21 heavy (non-hydrogen) atoms. The number of nitrogens with zero attached hydrogens (tertiary/aromatic N) is 1. The van der Waals surface area contributed by atoms with E-state index in [0.29, 0.717) is 13.2 Å². The van der Waals surface area contributed by atoms with Crippen LogP contribution in [-0.2, 0) is 14.3 Å². The van der Waals surface area contributed by atoms with E-state index in [0.717, 1.165) is 18.4 Å². The predicted octanol–water partition coefficient (Wildman–Crippen LogP) is 2.09. The summed E-state index contributed by atoms with van der Waals surface area (Å²) < 4.78 is 5.80. The van der Waals surface area contributed by atoms with E-state index in [2.05, 4.69) is 0 Å². The molecule has 0 unspecified atom stereocenters. The molecule has 5 heteroatoms. The van der Waals surface area contributed by atoms with Gasteiger partial charge >= 0.3 is 5.97 Å². The maximum atomic E-state index is 12.6. The average Bonchev–Trinajstić information content (AvgIpc) is 2.52. The van der Waals surface area contributed by atoms with Crippen LogP contribution in [0.5, 0.6) is 0 Å². The molecule has 0 aliphatic carbocycles. The van der Waals surface area contributed by atoms with Gasteiger partial charge in [0.2, 0.25) is 5.91 Å². The van der Waals surface area contributed by atoms with Gasteiger partial charge in [0.05, 0.1) is 12.0 Å². The number of likely N-dealkylation sites (N-methyl/N-ethyl adjacent to an activating group) is 1. The third-order valence-electron chi connectivity index (χ3n) is 3.79. The van der Waals surface area contributed by atoms with E-state index in [1.807, 2.05) is 30.3 Å². The molecule has 1 aromatic carbocycles. The van der Waals surface area contributed by atoms with Crippen molar-refractivity contribution in [2.75, 3.05) is 19.7 Å². The van der Waals surface area contributed by atoms with Gasteiger partial charge in [-0.2, -0.15) is 0 Å². The van der Waals surface area contributed by atoms with Crippen LogP contribution in [0.4, 0.5) is 0 Å². The largest absolute Gasteiger partial charge is 0.480 e. The van der Waals surface area contributed by atoms with Crippen LogP contribution in [0.25, 0.3) is 0 Å². The first-order valence-corrected chi connectivity index (χ1v) is 7.30. The number of carboxylic acids is 1. The molecule has 0 aromatic heterocycles. The van der Waals surface area contributed by atoms with Gasteiger partial charge in [-0.05, 0) is 25.3 Å². The monoisotopic (exact) mass is 291 g/mol. The Morgan fingerprint density at radius 1 is 1.33 bits per heavy atom. The molecule has 1 amide bonds. The Bertz CT molecular complexity index is 488. The van der Waals surface area contributed by atoms with E-state index in [4.69, 9.17) is 9.84 Å². The summed E-state index contributed by atoms with van der Waals surface area (Å²) in [7, 11) is 0. The minimum absolute atomic E-state index is 0.131. The number of benzene rings is 1. The highest BCUT2D eigenvalue weighted by Crippen LogP contribution is 2.34. The average molecular weight is 291 g/mol. The van der Waals surface area contributed by atoms with E-state index in [-0.39, 0.29) is 24.5 Å². The molecule has 1 heterocycles. The molecule has 1 aromatic rings. The van der Waals surface area contributed by atoms with Crippen LogP contribution in [0.15, 0.2) is 30.3 Å². The van der Waals surface area contributed by atoms with Crippen LogP contribution in [0.1, 0.15) is 31.4 Å². The Morgan fingerprint density at radius 2 is 2.05 bits per heavy atom. The highest BCUT2D eigenvalue weighted by atomic mass is 16.5. The summed E-state index contributed by atoms with van der Waals surface area (Å²) in [6, 6.07) is 9.66. The fourth-order valence-corrected chi connectivity index (χ4v) is 2.75. The summed E-state index contributed by atoms with van der Waals surface area (Å²) in [6.45, 7) is 2.56. The van der Waals surface area contributed by atoms with E-state index < -0.39 is 5.97 Å². The molecule has 1 aliphatic rings. The van der Waals surface area contributed by atoms with Crippen molar-refractivity contribution in [2.45, 2.75) is 25.9 Å². The summed E-state index contributed by atoms with van der Waals surface area (Å²) in [5, 5.41) is 8.92. The minimum atomic E-state index is -0.988. The first-order chi connectivity index (χ1) is 10.1. The molecule has 1 fully saturated rings. The van der Waals surface area contributed by atoms with Crippen LogP contribution in [0.3, 0.4) is 0 Å². The van der Waals surface area contributed by atoms with Crippen molar-refractivity contribution in [1.29, 1.82) is 0 Å². The van der Waals surface area contributed by atoms with Crippen molar-refractivity contribution < 1.29 is 19.4 Å². The number of hydrogen-bond donors (Lipinski definition) is 1. The number of rotatable bonds is 5. The van der Waals surface area contributed by atoms with Gasteiger partial charge in [-0.25, -0.2) is 0 Å². The first-order valence-electron chi connectivity index (χ1n) is 7.30. The summed E-state index contributed by atoms with van der Waals surface area (Å²) >= 11 is 0. The molecule has 114 valence electrons. The van der Waals surface area contributed by atoms with Gasteiger partial charge in [-0.3, -0.25) is 9.59 Å². The molecule has 0 radical (unpaired) electrons. The summed E-state index contributed by atoms with van der Waals surface area (Å²) in [4.78, 5) is 24.9. The molecular formula is C16H21NO4. The van der Waals surface area contributed by atoms with Gasteiger partial charge in [0.25, 0.3) is 0 Å². The van der Waals surface area contributed by atoms with Crippen molar-refractivity contribution in [3.8, 4) is 0 Å². The Labute approximate surface area is 124 Å². The summed E-state index contributed by atoms with van der Waals surface area (Å²) in [5.74, 6) is -1.42. The predicted molar refractivity (Wildman–Crippen MR) is 77.7 cm³/mol. The number of carboxylic acid groups (broad SMARTS) is 1. The second kappa shape index (κ2) is 7.22. The number of aliphatic carboxylic acids is 1. The van der Waals surface area contributed by atoms with Crippen molar-refractivity contribution in [1.82, 2.24) is 4.90 Å². The van der Waals surface area contributed by atoms with Gasteiger partial charge in [0, 0.05) is 13.2 Å². The van der Waals surface area contributed by atoms with E-state index >= 15 is 0 Å². The van der Waals surface area contributed by atoms with Crippen LogP contribution >= 0.6 is 0 Å². The number of carbonyl (C=O) groups excluding carboxylic acids is 1. The zero-order valence-corrected chi connectivity index (χ0v) is 12.2. The lowest BCUT2D eigenvalue weighted by Crippen LogP contribution is -2.43. The molecular weight excluding hydrogens is 270 g/mol. The third-order valence-corrected chi connectivity index (χ3v) is 3.79. The topological polar surface area (TPSA) is 66.8 Å². The Morgan fingerprint density at radius 3 is 2.67 bits per heavy atom. The highest BCUT2D eigenvalue weighted by molar-refractivity contribution is 5.83. The van der Waals surface area contributed by atoms with Crippen LogP contribution < -0.4 is 0 Å². The second-order valence-corrected chi connectivity index (χ2v) is 5.20. The van der Waals surface area contributed by atoms with Crippen molar-refractivity contribution in [3.63, 3.8) is 0 Å². The van der Waals surface area contributed by atoms with E-state index in [1.165, 1.54) is 4.90 Å². The van der Waals surface area contributed by atoms with Crippen LogP contribution in [0.2, 0.25) is 0 Å². The van der Waals surface area contributed by atoms with Crippen molar-refractivity contribution in [2.24, 2.45) is 5.92 Å². The van der Waals surface area contributed by atoms with E-state index in [1.54, 1.807) is 6.92 Å². The number of hydrogen-bond acceptors (Lipinski definition) is 3. The molecule has 0 spiro atoms. The molecule has 5 nitrogen and oxygen atoms in total. The lowest BCUT2D eigenvalue weighted by Gasteiger charge is -2.34. The standard InChI is InChI=1S/C16H21NO4/c1-2-17(11-14(18)19)16(20)13-9-6-10-21-15(13)12-7-4-3-5-8-12/h3-5,7-8,13,15H,2,6,9-11H2,1H3,(H,18,19)/t13-,15-/m0/s1. The van der Waals surface area contributed by atoms with Crippen LogP contribution in [-0.4, -0.2) is 41.6 Å². The second-order valence-electron chi connectivity index (χ2n) is 5.20. The van der Waals surface area contributed by atoms with Gasteiger partial charge < -0.3 is 14.7 Å². The molecule has 1 saturated heterocycles. The zero-order chi connectivity index (χ0) is 15.2. The van der Waals surface area contributed by atoms with Gasteiger partial charge in [0.1, 0.15) is 6.54 Å². The Balaban J connectivity index is 2.18. The Hall–Kier alpha value is -1.88. The number of ether oxygens (including phenoxy) is 1. The molecule has 1 N–H and O–H groups in total. The fraction of sp³-hybridized carbons (Fsp3) is 0.500. The van der Waals surface area contributed by atoms with Crippen molar-refractivity contribution >= 4 is 11.9 Å². The minimum Gasteiger partial charge on any atom is -0.480 e. The maximum absolute atomic E-state index is 12.6. The zero-order valence-electron chi connectivity index (χ0n) is 12.2. The van der Waals surface area contributed by atoms with E-state index in [9.17, 15) is 9.59 Å². The molecule has 0 saturated carbocycles. The molecule has 2 rings (SSSR count). The quantitative estimate of drug-likeness (QED) is 0.902. The molecule has 2 atom stereocenters. The lowest BCUT2D eigenvalue weighted by atomic mass is 9.88. The maximum Gasteiger partial charge on any atom is 0.323 e. The first kappa shape index (κ1) is 15.5. The molecule has 1 aliphatic heterocycles. The van der Waals surface area contributed by atoms with Crippen molar-refractivity contribution in [3.05, 3.63) is 35.9 Å². The number of carbonyl (C=O) groups is 2. The summed E-state index contributed by atoms with van der Waals surface area (Å²) in [5.41, 5.74) is 0.974. The van der Waals surface area contributed by atoms with Crippen LogP contribution in [0, 0.1) is 5.92 Å². The normalized spacial score (nSPS) is 21.8. The SMILES string of the molecule is CCN(CC(=O)O)C(=O)[C@H]1CCCO[C@H]1c1ccccc1. The Kier molecular flexibility index (Phi) is 5.33. The fourth-order valence-electron chi connectivity index (χ4n) is 2.75. The smallest absolute Gasteiger partial charge is 0.323 e. The third kappa shape index (κ3) is 3.82. The number of amides is 1. The highest BCUT2D eigenvalue weighted by Gasteiger charge is 2.35. The van der Waals surface area contributed by atoms with Gasteiger partial charge in [-0.1, -0.05) is 30.3 Å². The lowest BCUT2D eigenvalue weighted by molar-refractivity contribution is -0.151.